The maximum Gasteiger partial charge on any atom is 0.300 e. The predicted molar refractivity (Wildman–Crippen MR) is 133 cm³/mol. The normalized spacial score (nSPS) is 19.1. The van der Waals surface area contributed by atoms with Crippen molar-refractivity contribution in [1.29, 1.82) is 0 Å². The first-order chi connectivity index (χ1) is 17.6. The lowest BCUT2D eigenvalue weighted by atomic mass is 10.2. The van der Waals surface area contributed by atoms with Gasteiger partial charge in [0.15, 0.2) is 17.6 Å². The SMILES string of the molecule is Cc1cc(-c2nc(C(O)Nc3cc4oc(N5CCOCC5)nc4nc3N[C@H]3CCNC3)co2)ccn1. The largest absolute Gasteiger partial charge is 0.444 e. The number of aryl methyl sites for hydroxylation is 1. The van der Waals surface area contributed by atoms with Gasteiger partial charge in [-0.15, -0.1) is 0 Å². The van der Waals surface area contributed by atoms with Crippen LogP contribution in [0.5, 0.6) is 0 Å². The summed E-state index contributed by atoms with van der Waals surface area (Å²) in [5, 5.41) is 20.9. The highest BCUT2D eigenvalue weighted by Gasteiger charge is 2.23. The fourth-order valence-corrected chi connectivity index (χ4v) is 4.38. The van der Waals surface area contributed by atoms with Gasteiger partial charge < -0.3 is 39.5 Å². The molecule has 0 amide bonds. The molecule has 0 spiro atoms. The molecule has 0 radical (unpaired) electrons. The second-order valence-electron chi connectivity index (χ2n) is 8.95. The number of aliphatic hydroxyl groups excluding tert-OH is 1. The van der Waals surface area contributed by atoms with E-state index in [1.165, 1.54) is 6.26 Å². The van der Waals surface area contributed by atoms with Crippen molar-refractivity contribution in [2.24, 2.45) is 0 Å². The number of rotatable bonds is 7. The lowest BCUT2D eigenvalue weighted by molar-refractivity contribution is 0.120. The average Bonchev–Trinajstić information content (AvgIpc) is 3.66. The van der Waals surface area contributed by atoms with Crippen molar-refractivity contribution < 1.29 is 18.7 Å². The van der Waals surface area contributed by atoms with E-state index in [0.717, 1.165) is 30.8 Å². The lowest BCUT2D eigenvalue weighted by Gasteiger charge is -2.24. The average molecular weight is 493 g/mol. The Kier molecular flexibility index (Phi) is 6.13. The van der Waals surface area contributed by atoms with Crippen molar-refractivity contribution in [3.05, 3.63) is 42.0 Å². The Morgan fingerprint density at radius 3 is 2.89 bits per heavy atom. The summed E-state index contributed by atoms with van der Waals surface area (Å²) in [6, 6.07) is 6.22. The number of hydrogen-bond acceptors (Lipinski definition) is 12. The molecule has 12 nitrogen and oxygen atoms in total. The zero-order valence-electron chi connectivity index (χ0n) is 19.9. The first kappa shape index (κ1) is 22.7. The number of anilines is 3. The maximum atomic E-state index is 11.0. The van der Waals surface area contributed by atoms with Crippen LogP contribution in [0, 0.1) is 6.92 Å². The van der Waals surface area contributed by atoms with Gasteiger partial charge in [0.25, 0.3) is 6.01 Å². The van der Waals surface area contributed by atoms with E-state index in [9.17, 15) is 5.11 Å². The van der Waals surface area contributed by atoms with Gasteiger partial charge in [-0.2, -0.15) is 4.98 Å². The third-order valence-corrected chi connectivity index (χ3v) is 6.29. The number of morpholine rings is 1. The molecule has 0 aromatic carbocycles. The lowest BCUT2D eigenvalue weighted by Crippen LogP contribution is -2.36. The van der Waals surface area contributed by atoms with Crippen LogP contribution in [-0.4, -0.2) is 70.5 Å². The van der Waals surface area contributed by atoms with Gasteiger partial charge in [0.2, 0.25) is 11.5 Å². The van der Waals surface area contributed by atoms with Crippen LogP contribution in [0.1, 0.15) is 24.0 Å². The van der Waals surface area contributed by atoms with E-state index in [2.05, 4.69) is 30.9 Å². The van der Waals surface area contributed by atoms with Crippen LogP contribution in [0.2, 0.25) is 0 Å². The summed E-state index contributed by atoms with van der Waals surface area (Å²) in [6.07, 6.45) is 2.97. The highest BCUT2D eigenvalue weighted by molar-refractivity contribution is 5.81. The van der Waals surface area contributed by atoms with Crippen molar-refractivity contribution in [2.75, 3.05) is 54.9 Å². The van der Waals surface area contributed by atoms with E-state index in [1.807, 2.05) is 24.0 Å². The number of oxazole rings is 2. The van der Waals surface area contributed by atoms with Gasteiger partial charge in [0.05, 0.1) is 18.9 Å². The Hall–Kier alpha value is -3.74. The molecule has 4 aromatic heterocycles. The Balaban J connectivity index is 1.28. The number of aliphatic hydroxyl groups is 1. The fourth-order valence-electron chi connectivity index (χ4n) is 4.38. The molecule has 2 saturated heterocycles. The van der Waals surface area contributed by atoms with E-state index in [0.29, 0.717) is 66.6 Å². The molecule has 6 rings (SSSR count). The van der Waals surface area contributed by atoms with E-state index in [4.69, 9.17) is 18.6 Å². The summed E-state index contributed by atoms with van der Waals surface area (Å²) in [7, 11) is 0. The van der Waals surface area contributed by atoms with Gasteiger partial charge in [-0.25, -0.2) is 9.97 Å². The monoisotopic (exact) mass is 492 g/mol. The molecule has 2 fully saturated rings. The van der Waals surface area contributed by atoms with Crippen LogP contribution in [-0.2, 0) is 4.74 Å². The van der Waals surface area contributed by atoms with Crippen LogP contribution in [0.3, 0.4) is 0 Å². The molecule has 0 aliphatic carbocycles. The zero-order valence-corrected chi connectivity index (χ0v) is 19.9. The molecule has 2 atom stereocenters. The molecule has 6 heterocycles. The van der Waals surface area contributed by atoms with Crippen LogP contribution in [0.15, 0.2) is 39.5 Å². The first-order valence-corrected chi connectivity index (χ1v) is 12.1. The molecule has 4 N–H and O–H groups in total. The highest BCUT2D eigenvalue weighted by Crippen LogP contribution is 2.32. The summed E-state index contributed by atoms with van der Waals surface area (Å²) in [6.45, 7) is 6.35. The topological polar surface area (TPSA) is 147 Å². The van der Waals surface area contributed by atoms with Gasteiger partial charge in [0, 0.05) is 49.2 Å². The Bertz CT molecular complexity index is 1340. The van der Waals surface area contributed by atoms with Crippen LogP contribution in [0.4, 0.5) is 17.5 Å². The van der Waals surface area contributed by atoms with Crippen LogP contribution in [0.25, 0.3) is 22.7 Å². The molecule has 1 unspecified atom stereocenters. The first-order valence-electron chi connectivity index (χ1n) is 12.1. The third kappa shape index (κ3) is 4.70. The molecule has 12 heteroatoms. The Morgan fingerprint density at radius 2 is 2.08 bits per heavy atom. The Morgan fingerprint density at radius 1 is 1.19 bits per heavy atom. The van der Waals surface area contributed by atoms with Crippen LogP contribution >= 0.6 is 0 Å². The second-order valence-corrected chi connectivity index (χ2v) is 8.95. The summed E-state index contributed by atoms with van der Waals surface area (Å²) < 4.78 is 17.1. The molecular formula is C24H28N8O4. The summed E-state index contributed by atoms with van der Waals surface area (Å²) in [4.78, 5) is 20.1. The quantitative estimate of drug-likeness (QED) is 0.281. The number of ether oxygens (including phenoxy) is 1. The molecule has 0 saturated carbocycles. The fraction of sp³-hybridized carbons (Fsp3) is 0.417. The van der Waals surface area contributed by atoms with Crippen molar-refractivity contribution >= 4 is 28.8 Å². The Labute approximate surface area is 207 Å². The van der Waals surface area contributed by atoms with Gasteiger partial charge in [-0.1, -0.05) is 0 Å². The summed E-state index contributed by atoms with van der Waals surface area (Å²) in [5.74, 6) is 0.997. The van der Waals surface area contributed by atoms with Gasteiger partial charge in [0.1, 0.15) is 12.0 Å². The summed E-state index contributed by atoms with van der Waals surface area (Å²) >= 11 is 0. The van der Waals surface area contributed by atoms with E-state index in [-0.39, 0.29) is 6.04 Å². The minimum Gasteiger partial charge on any atom is -0.444 e. The van der Waals surface area contributed by atoms with Gasteiger partial charge in [-0.3, -0.25) is 4.98 Å². The maximum absolute atomic E-state index is 11.0. The summed E-state index contributed by atoms with van der Waals surface area (Å²) in [5.41, 5.74) is 3.59. The van der Waals surface area contributed by atoms with Gasteiger partial charge >= 0.3 is 0 Å². The van der Waals surface area contributed by atoms with Crippen molar-refractivity contribution in [3.63, 3.8) is 0 Å². The van der Waals surface area contributed by atoms with E-state index < -0.39 is 6.23 Å². The number of pyridine rings is 2. The molecule has 2 aliphatic rings. The third-order valence-electron chi connectivity index (χ3n) is 6.29. The van der Waals surface area contributed by atoms with E-state index >= 15 is 0 Å². The second kappa shape index (κ2) is 9.72. The molecule has 2 aliphatic heterocycles. The zero-order chi connectivity index (χ0) is 24.5. The molecule has 4 aromatic rings. The minimum atomic E-state index is -1.13. The van der Waals surface area contributed by atoms with Crippen molar-refractivity contribution in [1.82, 2.24) is 25.3 Å². The number of nitrogens with zero attached hydrogens (tertiary/aromatic N) is 5. The predicted octanol–water partition coefficient (Wildman–Crippen LogP) is 2.29. The van der Waals surface area contributed by atoms with Gasteiger partial charge in [-0.05, 0) is 32.0 Å². The molecule has 188 valence electrons. The molecule has 0 bridgehead atoms. The number of hydrogen-bond donors (Lipinski definition) is 4. The van der Waals surface area contributed by atoms with Crippen molar-refractivity contribution in [3.8, 4) is 11.5 Å². The molecular weight excluding hydrogens is 464 g/mol. The van der Waals surface area contributed by atoms with E-state index in [1.54, 1.807) is 12.3 Å². The number of aromatic nitrogens is 4. The van der Waals surface area contributed by atoms with Crippen molar-refractivity contribution in [2.45, 2.75) is 25.6 Å². The highest BCUT2D eigenvalue weighted by atomic mass is 16.5. The smallest absolute Gasteiger partial charge is 0.300 e. The van der Waals surface area contributed by atoms with Crippen LogP contribution < -0.4 is 20.9 Å². The number of fused-ring (bicyclic) bond motifs is 1. The standard InChI is InChI=1S/C24H28N8O4/c1-14-10-15(2-5-26-14)23-29-18(13-35-23)22(33)28-17-11-19-21(30-20(17)27-16-3-4-25-12-16)31-24(36-19)32-6-8-34-9-7-32/h2,5,10-11,13,16,22,25,28,33H,3-4,6-9,12H2,1H3,(H,27,30)/t16-,22?/m0/s1. The minimum absolute atomic E-state index is 0.215. The molecule has 36 heavy (non-hydrogen) atoms. The number of nitrogens with one attached hydrogen (secondary N) is 3.